The van der Waals surface area contributed by atoms with Gasteiger partial charge in [-0.1, -0.05) is 0 Å². The number of anilines is 1. The van der Waals surface area contributed by atoms with Gasteiger partial charge in [0, 0.05) is 42.4 Å². The number of rotatable bonds is 3. The number of aromatic nitrogens is 1. The number of benzene rings is 1. The predicted octanol–water partition coefficient (Wildman–Crippen LogP) is 3.02. The normalized spacial score (nSPS) is 20.2. The highest BCUT2D eigenvalue weighted by Gasteiger charge is 2.29. The highest BCUT2D eigenvalue weighted by molar-refractivity contribution is 5.93. The Bertz CT molecular complexity index is 830. The molecule has 28 heavy (non-hydrogen) atoms. The lowest BCUT2D eigenvalue weighted by Crippen LogP contribution is -2.49. The van der Waals surface area contributed by atoms with Crippen LogP contribution in [0.3, 0.4) is 0 Å². The molecule has 1 aromatic carbocycles. The van der Waals surface area contributed by atoms with Crippen LogP contribution in [-0.4, -0.2) is 72.4 Å². The number of ether oxygens (including phenoxy) is 2. The lowest BCUT2D eigenvalue weighted by atomic mass is 10.0. The van der Waals surface area contributed by atoms with E-state index in [1.807, 2.05) is 30.5 Å². The molecule has 0 spiro atoms. The minimum absolute atomic E-state index is 0.102. The molecular weight excluding hydrogens is 360 g/mol. The number of carbonyl (C=O) groups excluding carboxylic acids is 2. The monoisotopic (exact) mass is 386 g/mol. The first-order chi connectivity index (χ1) is 13.7. The molecule has 2 aliphatic heterocycles. The van der Waals surface area contributed by atoms with Gasteiger partial charge >= 0.3 is 12.1 Å². The van der Waals surface area contributed by atoms with Gasteiger partial charge in [-0.15, -0.1) is 0 Å². The number of morpholine rings is 1. The first-order valence-electron chi connectivity index (χ1n) is 9.85. The van der Waals surface area contributed by atoms with E-state index in [2.05, 4.69) is 10.3 Å². The molecule has 1 atom stereocenters. The van der Waals surface area contributed by atoms with Crippen molar-refractivity contribution in [2.45, 2.75) is 25.3 Å². The molecule has 2 aliphatic rings. The first kappa shape index (κ1) is 18.6. The summed E-state index contributed by atoms with van der Waals surface area (Å²) in [7, 11) is 0. The summed E-state index contributed by atoms with van der Waals surface area (Å²) in [5, 5.41) is 4.03. The molecular formula is C20H26N4O4. The van der Waals surface area contributed by atoms with E-state index in [1.165, 1.54) is 0 Å². The second kappa shape index (κ2) is 8.52. The predicted molar refractivity (Wildman–Crippen MR) is 105 cm³/mol. The summed E-state index contributed by atoms with van der Waals surface area (Å²) in [5.41, 5.74) is 1.79. The smallest absolute Gasteiger partial charge is 0.409 e. The molecule has 8 heteroatoms. The van der Waals surface area contributed by atoms with Crippen LogP contribution in [0.5, 0.6) is 0 Å². The van der Waals surface area contributed by atoms with Crippen molar-refractivity contribution in [1.82, 2.24) is 14.8 Å². The van der Waals surface area contributed by atoms with Crippen LogP contribution in [0.25, 0.3) is 10.9 Å². The molecule has 1 aromatic heterocycles. The number of urea groups is 1. The van der Waals surface area contributed by atoms with Gasteiger partial charge in [0.2, 0.25) is 0 Å². The largest absolute Gasteiger partial charge is 0.447 e. The molecule has 150 valence electrons. The zero-order valence-electron chi connectivity index (χ0n) is 15.9. The molecule has 3 amide bonds. The quantitative estimate of drug-likeness (QED) is 0.849. The van der Waals surface area contributed by atoms with Crippen LogP contribution in [0.4, 0.5) is 15.3 Å². The number of amides is 3. The highest BCUT2D eigenvalue weighted by Crippen LogP contribution is 2.21. The van der Waals surface area contributed by atoms with Crippen molar-refractivity contribution in [3.63, 3.8) is 0 Å². The van der Waals surface area contributed by atoms with Gasteiger partial charge in [-0.05, 0) is 43.5 Å². The molecule has 3 heterocycles. The minimum atomic E-state index is -0.327. The third kappa shape index (κ3) is 4.22. The topological polar surface area (TPSA) is 86.9 Å². The van der Waals surface area contributed by atoms with Crippen LogP contribution in [0.2, 0.25) is 0 Å². The van der Waals surface area contributed by atoms with E-state index < -0.39 is 0 Å². The standard InChI is InChI=1S/C20H26N4O4/c25-19(22-16-4-5-18-15(13-16)6-7-21-18)24-8-2-1-3-17(24)14-28-20(26)23-9-11-27-12-10-23/h4-7,13,17,21H,1-3,8-12,14H2,(H,22,25). The summed E-state index contributed by atoms with van der Waals surface area (Å²) >= 11 is 0. The summed E-state index contributed by atoms with van der Waals surface area (Å²) in [6.07, 6.45) is 4.37. The highest BCUT2D eigenvalue weighted by atomic mass is 16.6. The van der Waals surface area contributed by atoms with E-state index in [-0.39, 0.29) is 24.8 Å². The van der Waals surface area contributed by atoms with Gasteiger partial charge in [0.1, 0.15) is 6.61 Å². The van der Waals surface area contributed by atoms with Crippen molar-refractivity contribution >= 4 is 28.7 Å². The molecule has 0 radical (unpaired) electrons. The van der Waals surface area contributed by atoms with E-state index in [0.29, 0.717) is 32.8 Å². The summed E-state index contributed by atoms with van der Waals surface area (Å²) in [6, 6.07) is 7.49. The van der Waals surface area contributed by atoms with Gasteiger partial charge in [0.05, 0.1) is 19.3 Å². The third-order valence-electron chi connectivity index (χ3n) is 5.36. The van der Waals surface area contributed by atoms with Gasteiger partial charge in [-0.2, -0.15) is 0 Å². The summed E-state index contributed by atoms with van der Waals surface area (Å²) in [5.74, 6) is 0. The Morgan fingerprint density at radius 2 is 2.04 bits per heavy atom. The van der Waals surface area contributed by atoms with E-state index in [4.69, 9.17) is 9.47 Å². The fourth-order valence-electron chi connectivity index (χ4n) is 3.77. The number of hydrogen-bond acceptors (Lipinski definition) is 4. The van der Waals surface area contributed by atoms with E-state index in [1.54, 1.807) is 9.80 Å². The number of likely N-dealkylation sites (tertiary alicyclic amines) is 1. The number of hydrogen-bond donors (Lipinski definition) is 2. The molecule has 0 bridgehead atoms. The van der Waals surface area contributed by atoms with Crippen LogP contribution in [0.1, 0.15) is 19.3 Å². The number of H-pyrrole nitrogens is 1. The summed E-state index contributed by atoms with van der Waals surface area (Å²) in [4.78, 5) is 31.7. The van der Waals surface area contributed by atoms with Crippen molar-refractivity contribution in [1.29, 1.82) is 0 Å². The Morgan fingerprint density at radius 1 is 1.18 bits per heavy atom. The average Bonchev–Trinajstić information content (AvgIpc) is 3.20. The fraction of sp³-hybridized carbons (Fsp3) is 0.500. The molecule has 1 unspecified atom stereocenters. The molecule has 4 rings (SSSR count). The van der Waals surface area contributed by atoms with Crippen molar-refractivity contribution in [3.05, 3.63) is 30.5 Å². The average molecular weight is 386 g/mol. The number of piperidine rings is 1. The molecule has 0 saturated carbocycles. The Hall–Kier alpha value is -2.74. The Kier molecular flexibility index (Phi) is 5.66. The lowest BCUT2D eigenvalue weighted by Gasteiger charge is -2.36. The van der Waals surface area contributed by atoms with Crippen LogP contribution in [-0.2, 0) is 9.47 Å². The number of carbonyl (C=O) groups is 2. The Balaban J connectivity index is 1.35. The van der Waals surface area contributed by atoms with Crippen LogP contribution in [0, 0.1) is 0 Å². The molecule has 2 N–H and O–H groups in total. The maximum atomic E-state index is 12.8. The number of nitrogens with zero attached hydrogens (tertiary/aromatic N) is 2. The summed E-state index contributed by atoms with van der Waals surface area (Å²) in [6.45, 7) is 3.07. The van der Waals surface area contributed by atoms with E-state index >= 15 is 0 Å². The number of nitrogens with one attached hydrogen (secondary N) is 2. The van der Waals surface area contributed by atoms with Crippen LogP contribution in [0.15, 0.2) is 30.5 Å². The molecule has 8 nitrogen and oxygen atoms in total. The number of aromatic amines is 1. The third-order valence-corrected chi connectivity index (χ3v) is 5.36. The molecule has 2 fully saturated rings. The zero-order valence-corrected chi connectivity index (χ0v) is 15.9. The zero-order chi connectivity index (χ0) is 19.3. The SMILES string of the molecule is O=C(OCC1CCCCN1C(=O)Nc1ccc2[nH]ccc2c1)N1CCOCC1. The molecule has 0 aliphatic carbocycles. The Morgan fingerprint density at radius 3 is 2.89 bits per heavy atom. The maximum absolute atomic E-state index is 12.8. The van der Waals surface area contributed by atoms with Crippen molar-refractivity contribution in [2.24, 2.45) is 0 Å². The maximum Gasteiger partial charge on any atom is 0.409 e. The summed E-state index contributed by atoms with van der Waals surface area (Å²) < 4.78 is 10.8. The van der Waals surface area contributed by atoms with Gasteiger partial charge in [-0.3, -0.25) is 0 Å². The second-order valence-corrected chi connectivity index (χ2v) is 7.23. The van der Waals surface area contributed by atoms with Crippen LogP contribution >= 0.6 is 0 Å². The van der Waals surface area contributed by atoms with Crippen molar-refractivity contribution in [2.75, 3.05) is 44.8 Å². The van der Waals surface area contributed by atoms with Gasteiger partial charge < -0.3 is 29.6 Å². The van der Waals surface area contributed by atoms with E-state index in [9.17, 15) is 9.59 Å². The minimum Gasteiger partial charge on any atom is -0.447 e. The fourth-order valence-corrected chi connectivity index (χ4v) is 3.77. The van der Waals surface area contributed by atoms with Crippen LogP contribution < -0.4 is 5.32 Å². The van der Waals surface area contributed by atoms with Crippen molar-refractivity contribution < 1.29 is 19.1 Å². The van der Waals surface area contributed by atoms with Gasteiger partial charge in [0.25, 0.3) is 0 Å². The Labute approximate surface area is 163 Å². The lowest BCUT2D eigenvalue weighted by molar-refractivity contribution is 0.0176. The van der Waals surface area contributed by atoms with Gasteiger partial charge in [-0.25, -0.2) is 9.59 Å². The van der Waals surface area contributed by atoms with Gasteiger partial charge in [0.15, 0.2) is 0 Å². The molecule has 2 saturated heterocycles. The second-order valence-electron chi connectivity index (χ2n) is 7.23. The van der Waals surface area contributed by atoms with E-state index in [0.717, 1.165) is 35.9 Å². The van der Waals surface area contributed by atoms with Crippen molar-refractivity contribution in [3.8, 4) is 0 Å². The number of fused-ring (bicyclic) bond motifs is 1. The molecule has 2 aromatic rings. The first-order valence-corrected chi connectivity index (χ1v) is 9.85.